The molecular formula is C18H20N4O7S. The van der Waals surface area contributed by atoms with Gasteiger partial charge in [-0.05, 0) is 24.6 Å². The number of carbonyl (C=O) groups is 4. The van der Waals surface area contributed by atoms with Gasteiger partial charge in [-0.15, -0.1) is 11.8 Å². The molecule has 11 nitrogen and oxygen atoms in total. The summed E-state index contributed by atoms with van der Waals surface area (Å²) >= 11 is 1.19. The van der Waals surface area contributed by atoms with E-state index >= 15 is 0 Å². The number of amides is 3. The number of carboxylic acids is 1. The fraction of sp³-hybridized carbons (Fsp3) is 0.333. The van der Waals surface area contributed by atoms with E-state index in [9.17, 15) is 29.4 Å². The van der Waals surface area contributed by atoms with E-state index in [1.165, 1.54) is 36.0 Å². The van der Waals surface area contributed by atoms with E-state index in [4.69, 9.17) is 10.5 Å². The van der Waals surface area contributed by atoms with E-state index in [2.05, 4.69) is 10.6 Å². The van der Waals surface area contributed by atoms with Crippen LogP contribution in [-0.4, -0.2) is 62.8 Å². The predicted molar refractivity (Wildman–Crippen MR) is 105 cm³/mol. The van der Waals surface area contributed by atoms with Gasteiger partial charge in [0.15, 0.2) is 5.70 Å². The molecule has 1 fully saturated rings. The highest BCUT2D eigenvalue weighted by Gasteiger charge is 2.54. The molecule has 0 saturated carbocycles. The number of β-lactam (4-membered cyclic amide) rings is 1. The molecule has 3 amide bonds. The molecule has 0 spiro atoms. The van der Waals surface area contributed by atoms with Gasteiger partial charge < -0.3 is 26.0 Å². The summed E-state index contributed by atoms with van der Waals surface area (Å²) < 4.78 is 4.75. The first kappa shape index (κ1) is 21.5. The Morgan fingerprint density at radius 1 is 1.33 bits per heavy atom. The number of nitrogens with zero attached hydrogens (tertiary/aromatic N) is 1. The SMILES string of the molecule is CCOC(=O)NC1=C(C(=O)O)N2C(=O)C(NC(=O)C(N)c3ccc(O)cc3)[C@@H]2SC1. The van der Waals surface area contributed by atoms with Crippen LogP contribution in [0.4, 0.5) is 4.79 Å². The Labute approximate surface area is 175 Å². The maximum absolute atomic E-state index is 12.6. The first-order valence-corrected chi connectivity index (χ1v) is 9.99. The van der Waals surface area contributed by atoms with E-state index in [1.54, 1.807) is 6.92 Å². The number of fused-ring (bicyclic) bond motifs is 1. The highest BCUT2D eigenvalue weighted by molar-refractivity contribution is 8.00. The number of thioether (sulfide) groups is 1. The molecule has 1 aromatic carbocycles. The van der Waals surface area contributed by atoms with Gasteiger partial charge in [-0.3, -0.25) is 19.8 Å². The van der Waals surface area contributed by atoms with E-state index in [-0.39, 0.29) is 29.5 Å². The van der Waals surface area contributed by atoms with Crippen LogP contribution in [0, 0.1) is 0 Å². The molecule has 6 N–H and O–H groups in total. The molecule has 0 aromatic heterocycles. The molecule has 12 heteroatoms. The molecule has 3 atom stereocenters. The van der Waals surface area contributed by atoms with Crippen molar-refractivity contribution in [3.63, 3.8) is 0 Å². The van der Waals surface area contributed by atoms with Crippen molar-refractivity contribution in [2.45, 2.75) is 24.4 Å². The fourth-order valence-corrected chi connectivity index (χ4v) is 4.36. The van der Waals surface area contributed by atoms with E-state index in [0.29, 0.717) is 5.56 Å². The molecule has 3 rings (SSSR count). The summed E-state index contributed by atoms with van der Waals surface area (Å²) in [4.78, 5) is 49.4. The molecular weight excluding hydrogens is 416 g/mol. The zero-order chi connectivity index (χ0) is 22.0. The fourth-order valence-electron chi connectivity index (χ4n) is 3.08. The van der Waals surface area contributed by atoms with Crippen molar-refractivity contribution in [2.75, 3.05) is 12.4 Å². The van der Waals surface area contributed by atoms with Crippen molar-refractivity contribution in [2.24, 2.45) is 5.73 Å². The lowest BCUT2D eigenvalue weighted by molar-refractivity contribution is -0.150. The summed E-state index contributed by atoms with van der Waals surface area (Å²) in [5.41, 5.74) is 6.05. The Kier molecular flexibility index (Phi) is 6.17. The minimum atomic E-state index is -1.38. The average molecular weight is 436 g/mol. The number of carboxylic acid groups (broad SMARTS) is 1. The lowest BCUT2D eigenvalue weighted by Gasteiger charge is -2.49. The minimum Gasteiger partial charge on any atom is -0.508 e. The van der Waals surface area contributed by atoms with Crippen molar-refractivity contribution in [1.82, 2.24) is 15.5 Å². The van der Waals surface area contributed by atoms with Gasteiger partial charge in [0.2, 0.25) is 5.91 Å². The lowest BCUT2D eigenvalue weighted by atomic mass is 10.0. The second kappa shape index (κ2) is 8.63. The van der Waals surface area contributed by atoms with Gasteiger partial charge in [-0.2, -0.15) is 0 Å². The number of phenolic OH excluding ortho intramolecular Hbond substituents is 1. The van der Waals surface area contributed by atoms with Gasteiger partial charge in [-0.1, -0.05) is 12.1 Å². The van der Waals surface area contributed by atoms with Crippen LogP contribution in [0.25, 0.3) is 0 Å². The molecule has 0 aliphatic carbocycles. The molecule has 0 bridgehead atoms. The molecule has 2 unspecified atom stereocenters. The smallest absolute Gasteiger partial charge is 0.411 e. The first-order valence-electron chi connectivity index (χ1n) is 8.94. The third-order valence-corrected chi connectivity index (χ3v) is 5.81. The molecule has 2 aliphatic heterocycles. The van der Waals surface area contributed by atoms with Crippen LogP contribution in [0.2, 0.25) is 0 Å². The normalized spacial score (nSPS) is 21.3. The number of alkyl carbamates (subject to hydrolysis) is 1. The van der Waals surface area contributed by atoms with Crippen LogP contribution in [0.5, 0.6) is 5.75 Å². The molecule has 30 heavy (non-hydrogen) atoms. The summed E-state index contributed by atoms with van der Waals surface area (Å²) in [5, 5.41) is 23.1. The number of ether oxygens (including phenoxy) is 1. The van der Waals surface area contributed by atoms with E-state index in [0.717, 1.165) is 4.90 Å². The lowest BCUT2D eigenvalue weighted by Crippen LogP contribution is -2.71. The third-order valence-electron chi connectivity index (χ3n) is 4.53. The zero-order valence-corrected chi connectivity index (χ0v) is 16.6. The van der Waals surface area contributed by atoms with Gasteiger partial charge >= 0.3 is 12.1 Å². The number of carbonyl (C=O) groups excluding carboxylic acids is 3. The Hall–Kier alpha value is -3.25. The van der Waals surface area contributed by atoms with Crippen LogP contribution in [0.15, 0.2) is 35.7 Å². The average Bonchev–Trinajstić information content (AvgIpc) is 2.71. The van der Waals surface area contributed by atoms with Gasteiger partial charge in [0.1, 0.15) is 23.2 Å². The van der Waals surface area contributed by atoms with Crippen LogP contribution < -0.4 is 16.4 Å². The summed E-state index contributed by atoms with van der Waals surface area (Å²) in [7, 11) is 0. The summed E-state index contributed by atoms with van der Waals surface area (Å²) in [6.07, 6.45) is -0.817. The minimum absolute atomic E-state index is 0.0231. The number of aromatic hydroxyl groups is 1. The third kappa shape index (κ3) is 4.04. The standard InChI is InChI=1S/C18H20N4O7S/c1-2-29-18(28)20-10-7-30-16-12(15(25)22(16)13(10)17(26)27)21-14(24)11(19)8-3-5-9(23)6-4-8/h3-6,11-12,16,23H,2,7,19H2,1H3,(H,20,28)(H,21,24)(H,26,27)/t11?,12?,16-/m0/s1. The zero-order valence-electron chi connectivity index (χ0n) is 15.8. The Morgan fingerprint density at radius 3 is 2.60 bits per heavy atom. The molecule has 1 aromatic rings. The number of benzene rings is 1. The number of hydrogen-bond acceptors (Lipinski definition) is 8. The number of phenols is 1. The number of rotatable bonds is 6. The van der Waals surface area contributed by atoms with Gasteiger partial charge in [-0.25, -0.2) is 9.59 Å². The largest absolute Gasteiger partial charge is 0.508 e. The van der Waals surface area contributed by atoms with Crippen molar-refractivity contribution in [3.05, 3.63) is 41.2 Å². The second-order valence-electron chi connectivity index (χ2n) is 6.44. The van der Waals surface area contributed by atoms with Crippen molar-refractivity contribution < 1.29 is 34.1 Å². The summed E-state index contributed by atoms with van der Waals surface area (Å²) in [6.45, 7) is 1.71. The van der Waals surface area contributed by atoms with Crippen LogP contribution in [0.1, 0.15) is 18.5 Å². The summed E-state index contributed by atoms with van der Waals surface area (Å²) in [6, 6.07) is 3.72. The van der Waals surface area contributed by atoms with Crippen molar-refractivity contribution >= 4 is 35.6 Å². The van der Waals surface area contributed by atoms with Crippen LogP contribution in [0.3, 0.4) is 0 Å². The molecule has 0 radical (unpaired) electrons. The predicted octanol–water partition coefficient (Wildman–Crippen LogP) is -0.166. The maximum atomic E-state index is 12.6. The second-order valence-corrected chi connectivity index (χ2v) is 7.55. The topological polar surface area (TPSA) is 171 Å². The Morgan fingerprint density at radius 2 is 2.00 bits per heavy atom. The Bertz CT molecular complexity index is 918. The van der Waals surface area contributed by atoms with E-state index in [1.807, 2.05) is 0 Å². The van der Waals surface area contributed by atoms with E-state index < -0.39 is 41.3 Å². The summed E-state index contributed by atoms with van der Waals surface area (Å²) in [5.74, 6) is -2.50. The Balaban J connectivity index is 1.72. The van der Waals surface area contributed by atoms with Gasteiger partial charge in [0, 0.05) is 5.75 Å². The highest BCUT2D eigenvalue weighted by Crippen LogP contribution is 2.39. The van der Waals surface area contributed by atoms with Crippen LogP contribution >= 0.6 is 11.8 Å². The number of nitrogens with two attached hydrogens (primary N) is 1. The van der Waals surface area contributed by atoms with Gasteiger partial charge in [0.25, 0.3) is 5.91 Å². The quantitative estimate of drug-likeness (QED) is 0.380. The molecule has 1 saturated heterocycles. The molecule has 160 valence electrons. The maximum Gasteiger partial charge on any atom is 0.411 e. The monoisotopic (exact) mass is 436 g/mol. The van der Waals surface area contributed by atoms with Crippen molar-refractivity contribution in [3.8, 4) is 5.75 Å². The number of aliphatic carboxylic acids is 1. The van der Waals surface area contributed by atoms with Crippen LogP contribution in [-0.2, 0) is 19.1 Å². The molecule has 2 heterocycles. The van der Waals surface area contributed by atoms with Crippen molar-refractivity contribution in [1.29, 1.82) is 0 Å². The van der Waals surface area contributed by atoms with Gasteiger partial charge in [0.05, 0.1) is 12.3 Å². The highest BCUT2D eigenvalue weighted by atomic mass is 32.2. The first-order chi connectivity index (χ1) is 14.2. The molecule has 2 aliphatic rings. The number of hydrogen-bond donors (Lipinski definition) is 5. The number of nitrogens with one attached hydrogen (secondary N) is 2.